The van der Waals surface area contributed by atoms with Gasteiger partial charge in [0.15, 0.2) is 0 Å². The highest BCUT2D eigenvalue weighted by Gasteiger charge is 2.35. The van der Waals surface area contributed by atoms with E-state index < -0.39 is 0 Å². The van der Waals surface area contributed by atoms with E-state index in [0.29, 0.717) is 0 Å². The summed E-state index contributed by atoms with van der Waals surface area (Å²) in [5.74, 6) is 0.0874. The number of nitrogens with zero attached hydrogens (tertiary/aromatic N) is 1. The van der Waals surface area contributed by atoms with Crippen LogP contribution in [0.5, 0.6) is 0 Å². The third kappa shape index (κ3) is 4.09. The lowest BCUT2D eigenvalue weighted by atomic mass is 10.1. The van der Waals surface area contributed by atoms with Crippen molar-refractivity contribution in [2.75, 3.05) is 19.6 Å². The second kappa shape index (κ2) is 7.84. The van der Waals surface area contributed by atoms with Crippen LogP contribution in [0.25, 0.3) is 0 Å². The lowest BCUT2D eigenvalue weighted by Crippen LogP contribution is -2.53. The molecule has 0 aromatic carbocycles. The minimum Gasteiger partial charge on any atom is -0.350 e. The number of piperidine rings is 1. The second-order valence-corrected chi connectivity index (χ2v) is 5.90. The maximum Gasteiger partial charge on any atom is 0.243 e. The third-order valence-corrected chi connectivity index (χ3v) is 3.98. The van der Waals surface area contributed by atoms with Crippen LogP contribution in [0.2, 0.25) is 0 Å². The van der Waals surface area contributed by atoms with E-state index in [4.69, 9.17) is 0 Å². The zero-order valence-corrected chi connectivity index (χ0v) is 13.2. The Hall–Kier alpha value is -0.810. The highest BCUT2D eigenvalue weighted by molar-refractivity contribution is 5.89. The number of nitrogens with one attached hydrogen (secondary N) is 2. The molecular weight excluding hydrogens is 278 g/mol. The van der Waals surface area contributed by atoms with Crippen LogP contribution in [-0.4, -0.2) is 48.4 Å². The van der Waals surface area contributed by atoms with Gasteiger partial charge in [0.05, 0.1) is 0 Å². The van der Waals surface area contributed by atoms with Crippen LogP contribution in [-0.2, 0) is 9.59 Å². The molecule has 6 heteroatoms. The number of rotatable bonds is 3. The molecule has 0 bridgehead atoms. The van der Waals surface area contributed by atoms with E-state index in [0.717, 1.165) is 45.3 Å². The number of hydrogen-bond donors (Lipinski definition) is 2. The maximum atomic E-state index is 12.3. The summed E-state index contributed by atoms with van der Waals surface area (Å²) >= 11 is 0. The van der Waals surface area contributed by atoms with Gasteiger partial charge in [0, 0.05) is 25.0 Å². The Labute approximate surface area is 127 Å². The lowest BCUT2D eigenvalue weighted by molar-refractivity contribution is -0.141. The van der Waals surface area contributed by atoms with E-state index in [1.165, 1.54) is 0 Å². The fourth-order valence-electron chi connectivity index (χ4n) is 2.91. The van der Waals surface area contributed by atoms with Gasteiger partial charge in [-0.2, -0.15) is 0 Å². The predicted octanol–water partition coefficient (Wildman–Crippen LogP) is 0.923. The van der Waals surface area contributed by atoms with Crippen molar-refractivity contribution in [1.82, 2.24) is 15.5 Å². The van der Waals surface area contributed by atoms with Crippen LogP contribution >= 0.6 is 12.4 Å². The molecule has 116 valence electrons. The van der Waals surface area contributed by atoms with E-state index >= 15 is 0 Å². The molecule has 1 unspecified atom stereocenters. The van der Waals surface area contributed by atoms with Crippen LogP contribution in [0.15, 0.2) is 0 Å². The topological polar surface area (TPSA) is 61.4 Å². The van der Waals surface area contributed by atoms with Gasteiger partial charge in [0.1, 0.15) is 6.04 Å². The van der Waals surface area contributed by atoms with Crippen molar-refractivity contribution in [3.05, 3.63) is 0 Å². The lowest BCUT2D eigenvalue weighted by Gasteiger charge is -2.29. The number of halogens is 1. The fraction of sp³-hybridized carbons (Fsp3) is 0.857. The van der Waals surface area contributed by atoms with Crippen LogP contribution in [0.3, 0.4) is 0 Å². The van der Waals surface area contributed by atoms with Crippen molar-refractivity contribution >= 4 is 24.2 Å². The zero-order valence-electron chi connectivity index (χ0n) is 12.4. The molecule has 2 fully saturated rings. The largest absolute Gasteiger partial charge is 0.350 e. The molecule has 0 aromatic heterocycles. The summed E-state index contributed by atoms with van der Waals surface area (Å²) in [6, 6.07) is -0.0327. The first-order valence-corrected chi connectivity index (χ1v) is 7.41. The quantitative estimate of drug-likeness (QED) is 0.815. The number of likely N-dealkylation sites (tertiary alicyclic amines) is 1. The van der Waals surface area contributed by atoms with Gasteiger partial charge in [-0.3, -0.25) is 9.59 Å². The molecular formula is C14H26ClN3O2. The van der Waals surface area contributed by atoms with Crippen molar-refractivity contribution in [3.8, 4) is 0 Å². The standard InChI is InChI=1S/C14H25N3O2.ClH/c1-10(2)14(19)17-8-4-6-12(17)13(18)16-11-5-3-7-15-9-11;/h10-12,15H,3-9H2,1-2H3,(H,16,18);1H/t11-,12?;/m0./s1. The number of amides is 2. The molecule has 2 N–H and O–H groups in total. The highest BCUT2D eigenvalue weighted by Crippen LogP contribution is 2.20. The van der Waals surface area contributed by atoms with E-state index in [2.05, 4.69) is 10.6 Å². The van der Waals surface area contributed by atoms with Gasteiger partial charge in [-0.05, 0) is 32.2 Å². The van der Waals surface area contributed by atoms with Gasteiger partial charge in [-0.1, -0.05) is 13.8 Å². The molecule has 2 amide bonds. The van der Waals surface area contributed by atoms with Gasteiger partial charge in [-0.25, -0.2) is 0 Å². The summed E-state index contributed by atoms with van der Waals surface area (Å²) in [5, 5.41) is 6.38. The van der Waals surface area contributed by atoms with Crippen LogP contribution < -0.4 is 10.6 Å². The minimum absolute atomic E-state index is 0. The van der Waals surface area contributed by atoms with E-state index in [-0.39, 0.29) is 42.2 Å². The monoisotopic (exact) mass is 303 g/mol. The molecule has 0 radical (unpaired) electrons. The van der Waals surface area contributed by atoms with Crippen LogP contribution in [0.4, 0.5) is 0 Å². The molecule has 0 aromatic rings. The molecule has 0 aliphatic carbocycles. The minimum atomic E-state index is -0.253. The summed E-state index contributed by atoms with van der Waals surface area (Å²) in [6.45, 7) is 6.38. The molecule has 5 nitrogen and oxygen atoms in total. The molecule has 2 rings (SSSR count). The average Bonchev–Trinajstić information content (AvgIpc) is 2.88. The smallest absolute Gasteiger partial charge is 0.243 e. The van der Waals surface area contributed by atoms with Gasteiger partial charge in [-0.15, -0.1) is 12.4 Å². The summed E-state index contributed by atoms with van der Waals surface area (Å²) in [7, 11) is 0. The Morgan fingerprint density at radius 1 is 1.25 bits per heavy atom. The number of carbonyl (C=O) groups is 2. The molecule has 2 aliphatic rings. The Morgan fingerprint density at radius 2 is 2.00 bits per heavy atom. The highest BCUT2D eigenvalue weighted by atomic mass is 35.5. The van der Waals surface area contributed by atoms with E-state index in [1.54, 1.807) is 4.90 Å². The normalized spacial score (nSPS) is 26.2. The molecule has 0 saturated carbocycles. The first-order valence-electron chi connectivity index (χ1n) is 7.41. The van der Waals surface area contributed by atoms with Gasteiger partial charge >= 0.3 is 0 Å². The average molecular weight is 304 g/mol. The fourth-order valence-corrected chi connectivity index (χ4v) is 2.91. The third-order valence-electron chi connectivity index (χ3n) is 3.98. The summed E-state index contributed by atoms with van der Waals surface area (Å²) in [6.07, 6.45) is 3.86. The zero-order chi connectivity index (χ0) is 13.8. The number of carbonyl (C=O) groups excluding carboxylic acids is 2. The Balaban J connectivity index is 0.00000200. The molecule has 2 saturated heterocycles. The first kappa shape index (κ1) is 17.2. The van der Waals surface area contributed by atoms with Crippen molar-refractivity contribution in [1.29, 1.82) is 0 Å². The van der Waals surface area contributed by atoms with Crippen molar-refractivity contribution in [2.24, 2.45) is 5.92 Å². The summed E-state index contributed by atoms with van der Waals surface area (Å²) in [4.78, 5) is 26.2. The van der Waals surface area contributed by atoms with Gasteiger partial charge in [0.2, 0.25) is 11.8 Å². The molecule has 2 aliphatic heterocycles. The van der Waals surface area contributed by atoms with Crippen LogP contribution in [0.1, 0.15) is 39.5 Å². The summed E-state index contributed by atoms with van der Waals surface area (Å²) < 4.78 is 0. The molecule has 0 spiro atoms. The first-order chi connectivity index (χ1) is 9.09. The van der Waals surface area contributed by atoms with Crippen LogP contribution in [0, 0.1) is 5.92 Å². The molecule has 2 heterocycles. The maximum absolute atomic E-state index is 12.3. The molecule has 2 atom stereocenters. The van der Waals surface area contributed by atoms with E-state index in [9.17, 15) is 9.59 Å². The SMILES string of the molecule is CC(C)C(=O)N1CCCC1C(=O)N[C@H]1CCCNC1.Cl. The van der Waals surface area contributed by atoms with Crippen molar-refractivity contribution in [2.45, 2.75) is 51.6 Å². The van der Waals surface area contributed by atoms with Crippen molar-refractivity contribution < 1.29 is 9.59 Å². The van der Waals surface area contributed by atoms with Gasteiger partial charge in [0.25, 0.3) is 0 Å². The van der Waals surface area contributed by atoms with Crippen molar-refractivity contribution in [3.63, 3.8) is 0 Å². The Morgan fingerprint density at radius 3 is 2.60 bits per heavy atom. The number of hydrogen-bond acceptors (Lipinski definition) is 3. The van der Waals surface area contributed by atoms with Gasteiger partial charge < -0.3 is 15.5 Å². The second-order valence-electron chi connectivity index (χ2n) is 5.90. The predicted molar refractivity (Wildman–Crippen MR) is 80.9 cm³/mol. The molecule has 20 heavy (non-hydrogen) atoms. The van der Waals surface area contributed by atoms with E-state index in [1.807, 2.05) is 13.8 Å². The Kier molecular flexibility index (Phi) is 6.76. The Bertz CT molecular complexity index is 343. The summed E-state index contributed by atoms with van der Waals surface area (Å²) in [5.41, 5.74) is 0.